The van der Waals surface area contributed by atoms with Crippen LogP contribution in [0.15, 0.2) is 0 Å². The summed E-state index contributed by atoms with van der Waals surface area (Å²) in [5.41, 5.74) is 0. The average Bonchev–Trinajstić information content (AvgIpc) is 2.64. The summed E-state index contributed by atoms with van der Waals surface area (Å²) >= 11 is 0. The summed E-state index contributed by atoms with van der Waals surface area (Å²) < 4.78 is 22.5. The lowest BCUT2D eigenvalue weighted by Crippen LogP contribution is -2.34. The first-order chi connectivity index (χ1) is 8.89. The number of nitrogens with zero attached hydrogens (tertiary/aromatic N) is 1. The molecular weight excluding hydrogens is 266 g/mol. The van der Waals surface area contributed by atoms with Crippen LogP contribution < -0.4 is 10.6 Å². The predicted octanol–water partition coefficient (Wildman–Crippen LogP) is -0.779. The lowest BCUT2D eigenvalue weighted by atomic mass is 10.2. The van der Waals surface area contributed by atoms with Gasteiger partial charge in [0, 0.05) is 25.6 Å². The minimum atomic E-state index is -2.84. The molecule has 1 heterocycles. The Bertz CT molecular complexity index is 382. The zero-order valence-corrected chi connectivity index (χ0v) is 12.6. The SMILES string of the molecule is CN(C)CCCNC(=O)CCNC1CCS(=O)(=O)C1. The molecule has 112 valence electrons. The third-order valence-corrected chi connectivity index (χ3v) is 4.89. The zero-order valence-electron chi connectivity index (χ0n) is 11.8. The van der Waals surface area contributed by atoms with Gasteiger partial charge in [0.05, 0.1) is 11.5 Å². The van der Waals surface area contributed by atoms with Gasteiger partial charge in [-0.3, -0.25) is 4.79 Å². The maximum atomic E-state index is 11.5. The van der Waals surface area contributed by atoms with E-state index >= 15 is 0 Å². The number of carbonyl (C=O) groups is 1. The molecule has 1 atom stereocenters. The van der Waals surface area contributed by atoms with Crippen molar-refractivity contribution >= 4 is 15.7 Å². The van der Waals surface area contributed by atoms with Crippen LogP contribution in [0.1, 0.15) is 19.3 Å². The van der Waals surface area contributed by atoms with Crippen LogP contribution in [0.2, 0.25) is 0 Å². The molecule has 1 rings (SSSR count). The molecule has 0 aromatic rings. The monoisotopic (exact) mass is 291 g/mol. The van der Waals surface area contributed by atoms with E-state index in [2.05, 4.69) is 15.5 Å². The maximum Gasteiger partial charge on any atom is 0.221 e. The summed E-state index contributed by atoms with van der Waals surface area (Å²) in [7, 11) is 1.16. The lowest BCUT2D eigenvalue weighted by molar-refractivity contribution is -0.121. The molecule has 0 spiro atoms. The summed E-state index contributed by atoms with van der Waals surface area (Å²) in [5, 5.41) is 5.98. The molecule has 2 N–H and O–H groups in total. The second-order valence-corrected chi connectivity index (χ2v) is 7.54. The maximum absolute atomic E-state index is 11.5. The average molecular weight is 291 g/mol. The van der Waals surface area contributed by atoms with Crippen LogP contribution in [0.25, 0.3) is 0 Å². The van der Waals surface area contributed by atoms with Gasteiger partial charge in [-0.1, -0.05) is 0 Å². The standard InChI is InChI=1S/C12H25N3O3S/c1-15(2)8-3-6-14-12(16)4-7-13-11-5-9-19(17,18)10-11/h11,13H,3-10H2,1-2H3,(H,14,16). The fourth-order valence-electron chi connectivity index (χ4n) is 2.06. The Kier molecular flexibility index (Phi) is 6.74. The summed E-state index contributed by atoms with van der Waals surface area (Å²) in [6.45, 7) is 2.19. The Morgan fingerprint density at radius 3 is 2.63 bits per heavy atom. The van der Waals surface area contributed by atoms with Gasteiger partial charge in [-0.15, -0.1) is 0 Å². The van der Waals surface area contributed by atoms with Gasteiger partial charge in [-0.25, -0.2) is 8.42 Å². The molecule has 0 aliphatic carbocycles. The van der Waals surface area contributed by atoms with Crippen molar-refractivity contribution in [1.29, 1.82) is 0 Å². The van der Waals surface area contributed by atoms with E-state index in [1.54, 1.807) is 0 Å². The van der Waals surface area contributed by atoms with E-state index in [9.17, 15) is 13.2 Å². The van der Waals surface area contributed by atoms with Gasteiger partial charge in [0.15, 0.2) is 9.84 Å². The van der Waals surface area contributed by atoms with Crippen LogP contribution >= 0.6 is 0 Å². The van der Waals surface area contributed by atoms with E-state index in [0.717, 1.165) is 13.0 Å². The molecule has 19 heavy (non-hydrogen) atoms. The van der Waals surface area contributed by atoms with E-state index in [-0.39, 0.29) is 23.5 Å². The fraction of sp³-hybridized carbons (Fsp3) is 0.917. The van der Waals surface area contributed by atoms with Crippen LogP contribution in [0, 0.1) is 0 Å². The second kappa shape index (κ2) is 7.81. The molecule has 1 fully saturated rings. The summed E-state index contributed by atoms with van der Waals surface area (Å²) in [6, 6.07) is 0.0199. The van der Waals surface area contributed by atoms with Gasteiger partial charge in [-0.05, 0) is 33.5 Å². The molecule has 1 amide bonds. The van der Waals surface area contributed by atoms with Crippen molar-refractivity contribution in [2.45, 2.75) is 25.3 Å². The third kappa shape index (κ3) is 7.49. The molecule has 0 saturated carbocycles. The summed E-state index contributed by atoms with van der Waals surface area (Å²) in [4.78, 5) is 13.6. The zero-order chi connectivity index (χ0) is 14.3. The highest BCUT2D eigenvalue weighted by Gasteiger charge is 2.27. The molecule has 0 aromatic carbocycles. The van der Waals surface area contributed by atoms with E-state index in [4.69, 9.17) is 0 Å². The van der Waals surface area contributed by atoms with Crippen LogP contribution in [0.4, 0.5) is 0 Å². The van der Waals surface area contributed by atoms with Crippen molar-refractivity contribution in [3.05, 3.63) is 0 Å². The summed E-state index contributed by atoms with van der Waals surface area (Å²) in [6.07, 6.45) is 2.00. The number of amides is 1. The number of sulfone groups is 1. The molecule has 0 radical (unpaired) electrons. The van der Waals surface area contributed by atoms with E-state index in [0.29, 0.717) is 25.9 Å². The van der Waals surface area contributed by atoms with Crippen molar-refractivity contribution in [1.82, 2.24) is 15.5 Å². The Labute approximate surface area is 115 Å². The van der Waals surface area contributed by atoms with E-state index in [1.165, 1.54) is 0 Å². The van der Waals surface area contributed by atoms with Crippen LogP contribution in [0.5, 0.6) is 0 Å². The fourth-order valence-corrected chi connectivity index (χ4v) is 3.77. The molecular formula is C12H25N3O3S. The number of carbonyl (C=O) groups excluding carboxylic acids is 1. The number of nitrogens with one attached hydrogen (secondary N) is 2. The van der Waals surface area contributed by atoms with Gasteiger partial charge < -0.3 is 15.5 Å². The Balaban J connectivity index is 2.02. The third-order valence-electron chi connectivity index (χ3n) is 3.12. The van der Waals surface area contributed by atoms with Crippen LogP contribution in [-0.2, 0) is 14.6 Å². The quantitative estimate of drug-likeness (QED) is 0.574. The lowest BCUT2D eigenvalue weighted by Gasteiger charge is -2.11. The Hall–Kier alpha value is -0.660. The molecule has 0 aromatic heterocycles. The first-order valence-corrected chi connectivity index (χ1v) is 8.56. The first-order valence-electron chi connectivity index (χ1n) is 6.74. The first kappa shape index (κ1) is 16.4. The van der Waals surface area contributed by atoms with Crippen LogP contribution in [-0.4, -0.2) is 70.5 Å². The van der Waals surface area contributed by atoms with Gasteiger partial charge in [0.25, 0.3) is 0 Å². The van der Waals surface area contributed by atoms with Crippen molar-refractivity contribution in [3.8, 4) is 0 Å². The molecule has 1 saturated heterocycles. The predicted molar refractivity (Wildman–Crippen MR) is 75.9 cm³/mol. The van der Waals surface area contributed by atoms with Crippen molar-refractivity contribution in [2.75, 3.05) is 45.2 Å². The Morgan fingerprint density at radius 1 is 1.32 bits per heavy atom. The molecule has 1 aliphatic rings. The van der Waals surface area contributed by atoms with Gasteiger partial charge in [0.2, 0.25) is 5.91 Å². The highest BCUT2D eigenvalue weighted by Crippen LogP contribution is 2.10. The van der Waals surface area contributed by atoms with Crippen molar-refractivity contribution in [2.24, 2.45) is 0 Å². The van der Waals surface area contributed by atoms with Gasteiger partial charge >= 0.3 is 0 Å². The topological polar surface area (TPSA) is 78.5 Å². The second-order valence-electron chi connectivity index (χ2n) is 5.31. The molecule has 1 unspecified atom stereocenters. The highest BCUT2D eigenvalue weighted by atomic mass is 32.2. The minimum absolute atomic E-state index is 0.0199. The van der Waals surface area contributed by atoms with Gasteiger partial charge in [-0.2, -0.15) is 0 Å². The normalized spacial score (nSPS) is 21.7. The van der Waals surface area contributed by atoms with Crippen molar-refractivity contribution < 1.29 is 13.2 Å². The smallest absolute Gasteiger partial charge is 0.221 e. The number of hydrogen-bond acceptors (Lipinski definition) is 5. The molecule has 6 nitrogen and oxygen atoms in total. The molecule has 7 heteroatoms. The number of rotatable bonds is 8. The van der Waals surface area contributed by atoms with E-state index in [1.807, 2.05) is 14.1 Å². The molecule has 1 aliphatic heterocycles. The van der Waals surface area contributed by atoms with Gasteiger partial charge in [0.1, 0.15) is 0 Å². The number of hydrogen-bond donors (Lipinski definition) is 2. The Morgan fingerprint density at radius 2 is 2.05 bits per heavy atom. The van der Waals surface area contributed by atoms with E-state index < -0.39 is 9.84 Å². The highest BCUT2D eigenvalue weighted by molar-refractivity contribution is 7.91. The summed E-state index contributed by atoms with van der Waals surface area (Å²) in [5.74, 6) is 0.492. The largest absolute Gasteiger partial charge is 0.356 e. The molecule has 0 bridgehead atoms. The van der Waals surface area contributed by atoms with Crippen LogP contribution in [0.3, 0.4) is 0 Å². The van der Waals surface area contributed by atoms with Crippen molar-refractivity contribution in [3.63, 3.8) is 0 Å². The minimum Gasteiger partial charge on any atom is -0.356 e.